The molecule has 0 saturated carbocycles. The van der Waals surface area contributed by atoms with Crippen molar-refractivity contribution in [1.29, 1.82) is 0 Å². The molecule has 0 atom stereocenters. The number of rotatable bonds is 7. The monoisotopic (exact) mass is 517 g/mol. The van der Waals surface area contributed by atoms with Crippen LogP contribution < -0.4 is 9.64 Å². The van der Waals surface area contributed by atoms with Crippen molar-refractivity contribution in [3.05, 3.63) is 138 Å². The molecule has 0 saturated heterocycles. The van der Waals surface area contributed by atoms with E-state index < -0.39 is 0 Å². The van der Waals surface area contributed by atoms with Gasteiger partial charge in [0.2, 0.25) is 0 Å². The first-order chi connectivity index (χ1) is 19.7. The van der Waals surface area contributed by atoms with Crippen LogP contribution >= 0.6 is 0 Å². The van der Waals surface area contributed by atoms with Crippen LogP contribution in [-0.4, -0.2) is 13.4 Å². The van der Waals surface area contributed by atoms with Gasteiger partial charge in [-0.2, -0.15) is 0 Å². The quantitative estimate of drug-likeness (QED) is 0.156. The zero-order valence-corrected chi connectivity index (χ0v) is 21.9. The average molecular weight is 518 g/mol. The van der Waals surface area contributed by atoms with E-state index in [1.165, 1.54) is 0 Å². The van der Waals surface area contributed by atoms with E-state index in [1.54, 1.807) is 0 Å². The number of fused-ring (bicyclic) bond motifs is 2. The summed E-state index contributed by atoms with van der Waals surface area (Å²) in [5, 5.41) is 0. The zero-order chi connectivity index (χ0) is 27.3. The first-order valence-corrected chi connectivity index (χ1v) is 13.0. The highest BCUT2D eigenvalue weighted by atomic mass is 16.5. The maximum atomic E-state index is 6.36. The predicted octanol–water partition coefficient (Wildman–Crippen LogP) is 10.3. The van der Waals surface area contributed by atoms with Gasteiger partial charge in [-0.1, -0.05) is 78.9 Å². The molecule has 0 bridgehead atoms. The molecule has 1 aliphatic rings. The average Bonchev–Trinajstić information content (AvgIpc) is 3.02. The van der Waals surface area contributed by atoms with Crippen molar-refractivity contribution >= 4 is 66.2 Å². The van der Waals surface area contributed by atoms with E-state index in [1.807, 2.05) is 66.7 Å². The highest BCUT2D eigenvalue weighted by molar-refractivity contribution is 5.87. The highest BCUT2D eigenvalue weighted by Gasteiger charge is 2.25. The summed E-state index contributed by atoms with van der Waals surface area (Å²) >= 11 is 0. The van der Waals surface area contributed by atoms with Crippen LogP contribution in [0, 0.1) is 0 Å². The first-order valence-electron chi connectivity index (χ1n) is 13.0. The molecule has 1 aliphatic heterocycles. The lowest BCUT2D eigenvalue weighted by Gasteiger charge is -2.33. The third kappa shape index (κ3) is 5.24. The molecule has 40 heavy (non-hydrogen) atoms. The maximum absolute atomic E-state index is 6.36. The van der Waals surface area contributed by atoms with Crippen LogP contribution in [0.25, 0.3) is 24.3 Å². The number of hydrogen-bond donors (Lipinski definition) is 0. The molecule has 0 N–H and O–H groups in total. The highest BCUT2D eigenvalue weighted by Crippen LogP contribution is 2.50. The number of anilines is 3. The van der Waals surface area contributed by atoms with E-state index in [9.17, 15) is 0 Å². The van der Waals surface area contributed by atoms with E-state index in [-0.39, 0.29) is 0 Å². The van der Waals surface area contributed by atoms with Crippen LogP contribution in [0.4, 0.5) is 28.4 Å². The van der Waals surface area contributed by atoms with Crippen LogP contribution in [0.2, 0.25) is 0 Å². The van der Waals surface area contributed by atoms with Crippen LogP contribution in [0.3, 0.4) is 0 Å². The standard InChI is InChI=1S/C36H27N3O/c1-37-30-18-11-26(12-19-30)7-8-28-15-22-32(23-16-28)39-33-5-3-4-6-35(33)40-36-25-29(17-24-34(36)39)10-9-27-13-20-31(38-2)21-14-27/h3-25H,1-2H2. The Balaban J connectivity index is 1.28. The van der Waals surface area contributed by atoms with Crippen LogP contribution in [0.1, 0.15) is 22.3 Å². The molecule has 0 aromatic heterocycles. The lowest BCUT2D eigenvalue weighted by Crippen LogP contribution is -2.15. The van der Waals surface area contributed by atoms with Crippen LogP contribution in [-0.2, 0) is 0 Å². The number of aliphatic imine (C=N–C) groups is 2. The fourth-order valence-electron chi connectivity index (χ4n) is 4.66. The molecule has 4 nitrogen and oxygen atoms in total. The van der Waals surface area contributed by atoms with Crippen LogP contribution in [0.15, 0.2) is 125 Å². The molecule has 192 valence electrons. The van der Waals surface area contributed by atoms with Gasteiger partial charge < -0.3 is 9.64 Å². The molecule has 5 aromatic carbocycles. The fraction of sp³-hybridized carbons (Fsp3) is 0. The van der Waals surface area contributed by atoms with E-state index in [4.69, 9.17) is 4.74 Å². The molecule has 0 aliphatic carbocycles. The van der Waals surface area contributed by atoms with Gasteiger partial charge in [-0.25, -0.2) is 0 Å². The molecular formula is C36H27N3O. The molecule has 4 heteroatoms. The molecule has 0 unspecified atom stereocenters. The number of benzene rings is 5. The number of para-hydroxylation sites is 2. The van der Waals surface area contributed by atoms with Gasteiger partial charge >= 0.3 is 0 Å². The summed E-state index contributed by atoms with van der Waals surface area (Å²) in [6, 6.07) is 39.0. The molecule has 1 heterocycles. The molecule has 5 aromatic rings. The fourth-order valence-corrected chi connectivity index (χ4v) is 4.66. The number of hydrogen-bond acceptors (Lipinski definition) is 4. The van der Waals surface area contributed by atoms with Crippen molar-refractivity contribution in [3.8, 4) is 11.5 Å². The molecule has 0 fully saturated rings. The van der Waals surface area contributed by atoms with Crippen LogP contribution in [0.5, 0.6) is 11.5 Å². The van der Waals surface area contributed by atoms with Gasteiger partial charge in [0, 0.05) is 5.69 Å². The predicted molar refractivity (Wildman–Crippen MR) is 170 cm³/mol. The molecular weight excluding hydrogens is 490 g/mol. The summed E-state index contributed by atoms with van der Waals surface area (Å²) in [7, 11) is 0. The summed E-state index contributed by atoms with van der Waals surface area (Å²) in [5.74, 6) is 1.64. The SMILES string of the molecule is C=Nc1ccc(C=Cc2ccc(N3c4ccccc4Oc4cc(C=Cc5ccc(N=C)cc5)ccc43)cc2)cc1. The van der Waals surface area contributed by atoms with Crippen molar-refractivity contribution in [2.75, 3.05) is 4.90 Å². The second-order valence-corrected chi connectivity index (χ2v) is 9.39. The van der Waals surface area contributed by atoms with Gasteiger partial charge in [0.15, 0.2) is 11.5 Å². The Morgan fingerprint density at radius 3 is 1.55 bits per heavy atom. The van der Waals surface area contributed by atoms with E-state index in [0.717, 1.165) is 62.2 Å². The largest absolute Gasteiger partial charge is 0.453 e. The van der Waals surface area contributed by atoms with Crippen molar-refractivity contribution in [2.24, 2.45) is 9.98 Å². The topological polar surface area (TPSA) is 37.2 Å². The Morgan fingerprint density at radius 2 is 0.975 bits per heavy atom. The minimum absolute atomic E-state index is 0.813. The Bertz CT molecular complexity index is 1730. The minimum Gasteiger partial charge on any atom is -0.453 e. The second-order valence-electron chi connectivity index (χ2n) is 9.39. The lowest BCUT2D eigenvalue weighted by atomic mass is 10.1. The van der Waals surface area contributed by atoms with E-state index >= 15 is 0 Å². The van der Waals surface area contributed by atoms with Gasteiger partial charge in [-0.15, -0.1) is 0 Å². The van der Waals surface area contributed by atoms with Crippen molar-refractivity contribution < 1.29 is 4.74 Å². The van der Waals surface area contributed by atoms with Crippen molar-refractivity contribution in [1.82, 2.24) is 0 Å². The van der Waals surface area contributed by atoms with E-state index in [0.29, 0.717) is 0 Å². The summed E-state index contributed by atoms with van der Waals surface area (Å²) in [6.07, 6.45) is 8.38. The molecule has 0 spiro atoms. The van der Waals surface area contributed by atoms with E-state index in [2.05, 4.69) is 101 Å². The van der Waals surface area contributed by atoms with Crippen molar-refractivity contribution in [3.63, 3.8) is 0 Å². The minimum atomic E-state index is 0.813. The Kier molecular flexibility index (Phi) is 6.89. The van der Waals surface area contributed by atoms with Gasteiger partial charge in [0.25, 0.3) is 0 Å². The lowest BCUT2D eigenvalue weighted by molar-refractivity contribution is 0.477. The molecule has 0 radical (unpaired) electrons. The third-order valence-electron chi connectivity index (χ3n) is 6.79. The zero-order valence-electron chi connectivity index (χ0n) is 21.9. The summed E-state index contributed by atoms with van der Waals surface area (Å²) in [4.78, 5) is 10.2. The normalized spacial score (nSPS) is 12.2. The second kappa shape index (κ2) is 11.1. The van der Waals surface area contributed by atoms with Gasteiger partial charge in [-0.3, -0.25) is 9.98 Å². The smallest absolute Gasteiger partial charge is 0.152 e. The van der Waals surface area contributed by atoms with Gasteiger partial charge in [0.05, 0.1) is 22.7 Å². The summed E-state index contributed by atoms with van der Waals surface area (Å²) < 4.78 is 6.36. The maximum Gasteiger partial charge on any atom is 0.152 e. The summed E-state index contributed by atoms with van der Waals surface area (Å²) in [6.45, 7) is 7.15. The Hall–Kier alpha value is -5.48. The number of nitrogens with zero attached hydrogens (tertiary/aromatic N) is 3. The van der Waals surface area contributed by atoms with Gasteiger partial charge in [0.1, 0.15) is 0 Å². The Morgan fingerprint density at radius 1 is 0.500 bits per heavy atom. The third-order valence-corrected chi connectivity index (χ3v) is 6.79. The number of ether oxygens (including phenoxy) is 1. The molecule has 6 rings (SSSR count). The summed E-state index contributed by atoms with van der Waals surface area (Å²) in [5.41, 5.74) is 9.18. The van der Waals surface area contributed by atoms with Crippen molar-refractivity contribution in [2.45, 2.75) is 0 Å². The van der Waals surface area contributed by atoms with Gasteiger partial charge in [-0.05, 0) is 96.4 Å². The Labute approximate surface area is 234 Å². The first kappa shape index (κ1) is 24.8. The molecule has 0 amide bonds.